The second-order valence-corrected chi connectivity index (χ2v) is 9.44. The van der Waals surface area contributed by atoms with Crippen molar-refractivity contribution in [1.29, 1.82) is 0 Å². The fourth-order valence-electron chi connectivity index (χ4n) is 4.63. The summed E-state index contributed by atoms with van der Waals surface area (Å²) in [5, 5.41) is 2.36. The maximum Gasteiger partial charge on any atom is 0.273 e. The van der Waals surface area contributed by atoms with Crippen molar-refractivity contribution in [3.63, 3.8) is 0 Å². The van der Waals surface area contributed by atoms with Gasteiger partial charge in [0.05, 0.1) is 21.9 Å². The zero-order valence-electron chi connectivity index (χ0n) is 18.8. The Bertz CT molecular complexity index is 1190. The third kappa shape index (κ3) is 4.28. The van der Waals surface area contributed by atoms with Gasteiger partial charge in [-0.3, -0.25) is 19.2 Å². The minimum Gasteiger partial charge on any atom is -0.292 e. The molecule has 0 unspecified atom stereocenters. The number of hydrogen-bond donors (Lipinski definition) is 0. The van der Waals surface area contributed by atoms with Gasteiger partial charge in [-0.15, -0.1) is 0 Å². The van der Waals surface area contributed by atoms with Crippen LogP contribution in [0.2, 0.25) is 10.0 Å². The Hall–Kier alpha value is -2.96. The highest BCUT2D eigenvalue weighted by molar-refractivity contribution is 6.42. The molecular formula is C26H24Cl2N2O4. The van der Waals surface area contributed by atoms with Crippen LogP contribution in [0.1, 0.15) is 53.8 Å². The molecule has 1 heterocycles. The lowest BCUT2D eigenvalue weighted by Crippen LogP contribution is -2.57. The number of imide groups is 1. The summed E-state index contributed by atoms with van der Waals surface area (Å²) in [6, 6.07) is 11.8. The topological polar surface area (TPSA) is 74.8 Å². The fraction of sp³-hybridized carbons (Fsp3) is 0.308. The summed E-state index contributed by atoms with van der Waals surface area (Å²) in [6.45, 7) is 3.66. The Kier molecular flexibility index (Phi) is 6.91. The number of allylic oxidation sites excluding steroid dienone is 2. The molecule has 0 aromatic heterocycles. The molecule has 6 nitrogen and oxygen atoms in total. The molecule has 0 saturated carbocycles. The van der Waals surface area contributed by atoms with Gasteiger partial charge in [0.1, 0.15) is 6.04 Å². The number of Topliss-reactive ketones (excluding diaryl/α,β-unsaturated/α-hetero) is 1. The van der Waals surface area contributed by atoms with E-state index in [0.717, 1.165) is 15.6 Å². The van der Waals surface area contributed by atoms with E-state index in [-0.39, 0.29) is 27.8 Å². The first kappa shape index (κ1) is 24.2. The van der Waals surface area contributed by atoms with E-state index in [0.29, 0.717) is 18.4 Å². The Morgan fingerprint density at radius 2 is 1.68 bits per heavy atom. The number of carbonyl (C=O) groups is 4. The summed E-state index contributed by atoms with van der Waals surface area (Å²) in [5.41, 5.74) is 1.54. The van der Waals surface area contributed by atoms with Gasteiger partial charge in [-0.05, 0) is 44.4 Å². The molecule has 2 aromatic carbocycles. The third-order valence-electron chi connectivity index (χ3n) is 6.43. The average molecular weight is 499 g/mol. The predicted octanol–water partition coefficient (Wildman–Crippen LogP) is 5.35. The Balaban J connectivity index is 1.80. The van der Waals surface area contributed by atoms with E-state index in [4.69, 9.17) is 23.2 Å². The van der Waals surface area contributed by atoms with Crippen LogP contribution in [0.25, 0.3) is 0 Å². The summed E-state index contributed by atoms with van der Waals surface area (Å²) >= 11 is 12.2. The first-order valence-corrected chi connectivity index (χ1v) is 11.9. The van der Waals surface area contributed by atoms with Crippen molar-refractivity contribution in [2.45, 2.75) is 39.2 Å². The van der Waals surface area contributed by atoms with Crippen molar-refractivity contribution < 1.29 is 19.2 Å². The van der Waals surface area contributed by atoms with Crippen LogP contribution in [0.3, 0.4) is 0 Å². The predicted molar refractivity (Wildman–Crippen MR) is 129 cm³/mol. The minimum atomic E-state index is -1.06. The van der Waals surface area contributed by atoms with E-state index in [2.05, 4.69) is 0 Å². The van der Waals surface area contributed by atoms with Gasteiger partial charge in [0.2, 0.25) is 0 Å². The number of rotatable bonds is 6. The number of benzene rings is 2. The second-order valence-electron chi connectivity index (χ2n) is 8.62. The highest BCUT2D eigenvalue weighted by Crippen LogP contribution is 2.39. The quantitative estimate of drug-likeness (QED) is 0.305. The van der Waals surface area contributed by atoms with Crippen LogP contribution < -0.4 is 0 Å². The van der Waals surface area contributed by atoms with Crippen molar-refractivity contribution in [2.75, 3.05) is 0 Å². The number of ketones is 1. The lowest BCUT2D eigenvalue weighted by molar-refractivity contribution is -0.156. The second kappa shape index (κ2) is 9.72. The third-order valence-corrected chi connectivity index (χ3v) is 7.17. The number of amides is 3. The van der Waals surface area contributed by atoms with Gasteiger partial charge in [0.25, 0.3) is 17.7 Å². The van der Waals surface area contributed by atoms with Gasteiger partial charge in [0, 0.05) is 11.1 Å². The molecule has 1 aliphatic heterocycles. The molecule has 4 rings (SSSR count). The maximum atomic E-state index is 13.8. The zero-order valence-corrected chi connectivity index (χ0v) is 20.3. The molecule has 3 amide bonds. The fourth-order valence-corrected chi connectivity index (χ4v) is 4.93. The van der Waals surface area contributed by atoms with E-state index >= 15 is 0 Å². The Morgan fingerprint density at radius 3 is 2.32 bits per heavy atom. The normalized spacial score (nSPS) is 20.6. The van der Waals surface area contributed by atoms with Crippen LogP contribution in [0.5, 0.6) is 0 Å². The molecular weight excluding hydrogens is 475 g/mol. The number of nitrogens with zero attached hydrogens (tertiary/aromatic N) is 2. The van der Waals surface area contributed by atoms with Crippen LogP contribution in [0.4, 0.5) is 0 Å². The average Bonchev–Trinajstić information content (AvgIpc) is 3.08. The monoisotopic (exact) mass is 498 g/mol. The molecule has 0 spiro atoms. The Morgan fingerprint density at radius 1 is 1.00 bits per heavy atom. The molecule has 176 valence electrons. The molecule has 8 heteroatoms. The highest BCUT2D eigenvalue weighted by Gasteiger charge is 2.53. The first-order valence-electron chi connectivity index (χ1n) is 11.2. The number of hydrogen-bond acceptors (Lipinski definition) is 4. The number of hydrazine groups is 1. The Labute approximate surface area is 208 Å². The smallest absolute Gasteiger partial charge is 0.273 e. The van der Waals surface area contributed by atoms with E-state index in [9.17, 15) is 19.2 Å². The summed E-state index contributed by atoms with van der Waals surface area (Å²) in [6.07, 6.45) is 3.03. The van der Waals surface area contributed by atoms with Crippen molar-refractivity contribution in [1.82, 2.24) is 10.0 Å². The van der Waals surface area contributed by atoms with Crippen molar-refractivity contribution in [2.24, 2.45) is 11.8 Å². The number of fused-ring (bicyclic) bond motifs is 1. The van der Waals surface area contributed by atoms with Crippen LogP contribution in [0.15, 0.2) is 60.2 Å². The standard InChI is InChI=1S/C26H24Cl2N2O4/c1-3-22(23(31)16-7-5-4-6-8-16)29(24(32)17-10-12-20(27)21(28)14-17)30-25(33)18-11-9-15(2)13-19(18)26(30)34/h4-10,12,14,18-19,22H,3,11,13H2,1-2H3/t18-,19+,22-/m1/s1. The van der Waals surface area contributed by atoms with Gasteiger partial charge in [0.15, 0.2) is 5.78 Å². The van der Waals surface area contributed by atoms with Gasteiger partial charge in [-0.25, -0.2) is 5.01 Å². The summed E-state index contributed by atoms with van der Waals surface area (Å²) in [5.74, 6) is -3.06. The molecule has 0 bridgehead atoms. The van der Waals surface area contributed by atoms with E-state index < -0.39 is 35.6 Å². The molecule has 34 heavy (non-hydrogen) atoms. The first-order chi connectivity index (χ1) is 16.2. The van der Waals surface area contributed by atoms with Crippen LogP contribution in [0, 0.1) is 11.8 Å². The van der Waals surface area contributed by atoms with Crippen LogP contribution in [-0.4, -0.2) is 39.6 Å². The summed E-state index contributed by atoms with van der Waals surface area (Å²) < 4.78 is 0. The molecule has 3 atom stereocenters. The van der Waals surface area contributed by atoms with Crippen LogP contribution in [-0.2, 0) is 9.59 Å². The molecule has 0 radical (unpaired) electrons. The van der Waals surface area contributed by atoms with Crippen LogP contribution >= 0.6 is 23.2 Å². The van der Waals surface area contributed by atoms with E-state index in [1.807, 2.05) is 13.0 Å². The molecule has 0 N–H and O–H groups in total. The van der Waals surface area contributed by atoms with Gasteiger partial charge >= 0.3 is 0 Å². The number of halogens is 2. The van der Waals surface area contributed by atoms with Crippen molar-refractivity contribution in [3.8, 4) is 0 Å². The van der Waals surface area contributed by atoms with Gasteiger partial charge < -0.3 is 0 Å². The summed E-state index contributed by atoms with van der Waals surface area (Å²) in [4.78, 5) is 54.3. The van der Waals surface area contributed by atoms with Gasteiger partial charge in [-0.2, -0.15) is 5.01 Å². The summed E-state index contributed by atoms with van der Waals surface area (Å²) in [7, 11) is 0. The molecule has 1 fully saturated rings. The van der Waals surface area contributed by atoms with Gasteiger partial charge in [-0.1, -0.05) is 72.1 Å². The lowest BCUT2D eigenvalue weighted by Gasteiger charge is -2.36. The number of carbonyl (C=O) groups excluding carboxylic acids is 4. The molecule has 2 aromatic rings. The molecule has 1 aliphatic carbocycles. The maximum absolute atomic E-state index is 13.8. The lowest BCUT2D eigenvalue weighted by atomic mass is 9.82. The van der Waals surface area contributed by atoms with E-state index in [1.165, 1.54) is 18.2 Å². The highest BCUT2D eigenvalue weighted by atomic mass is 35.5. The SMILES string of the molecule is CC[C@H](C(=O)c1ccccc1)N(C(=O)c1ccc(Cl)c(Cl)c1)N1C(=O)[C@H]2CC(C)=CC[C@H]2C1=O. The zero-order chi connectivity index (χ0) is 24.6. The van der Waals surface area contributed by atoms with E-state index in [1.54, 1.807) is 37.3 Å². The largest absolute Gasteiger partial charge is 0.292 e. The minimum absolute atomic E-state index is 0.124. The van der Waals surface area contributed by atoms with Crippen molar-refractivity contribution in [3.05, 3.63) is 81.4 Å². The molecule has 1 saturated heterocycles. The molecule has 2 aliphatic rings. The van der Waals surface area contributed by atoms with Crippen molar-refractivity contribution >= 4 is 46.7 Å².